The number of morpholine rings is 1. The second kappa shape index (κ2) is 11.0. The highest BCUT2D eigenvalue weighted by molar-refractivity contribution is 7.92. The molecule has 1 saturated heterocycles. The molecule has 12 nitrogen and oxygen atoms in total. The molecule has 4 rings (SSSR count). The Labute approximate surface area is 221 Å². The fourth-order valence-corrected chi connectivity index (χ4v) is 6.47. The molecule has 2 heterocycles. The second-order valence-corrected chi connectivity index (χ2v) is 12.3. The maximum absolute atomic E-state index is 13.0. The van der Waals surface area contributed by atoms with E-state index >= 15 is 0 Å². The van der Waals surface area contributed by atoms with E-state index in [4.69, 9.17) is 9.47 Å². The molecular weight excluding hydrogens is 534 g/mol. The van der Waals surface area contributed by atoms with Crippen LogP contribution in [0.25, 0.3) is 0 Å². The highest BCUT2D eigenvalue weighted by Gasteiger charge is 2.32. The number of ether oxygens (including phenoxy) is 2. The van der Waals surface area contributed by atoms with Crippen LogP contribution in [0.1, 0.15) is 24.2 Å². The SMILES string of the molecule is COc1cc(NS(=O)(=O)c2ccc(NC(=O)c3ccc(S(=O)(=O)N4CC(C)OC(C)C4)cc3)cc2)ncn1. The van der Waals surface area contributed by atoms with E-state index in [9.17, 15) is 21.6 Å². The first kappa shape index (κ1) is 27.4. The van der Waals surface area contributed by atoms with Gasteiger partial charge in [-0.25, -0.2) is 26.8 Å². The summed E-state index contributed by atoms with van der Waals surface area (Å²) >= 11 is 0. The number of nitrogens with zero attached hydrogens (tertiary/aromatic N) is 3. The van der Waals surface area contributed by atoms with Crippen LogP contribution in [-0.2, 0) is 24.8 Å². The number of carbonyl (C=O) groups excluding carboxylic acids is 1. The Balaban J connectivity index is 1.41. The summed E-state index contributed by atoms with van der Waals surface area (Å²) in [7, 11) is -6.28. The largest absolute Gasteiger partial charge is 0.481 e. The minimum absolute atomic E-state index is 0.0392. The van der Waals surface area contributed by atoms with Crippen LogP contribution in [0, 0.1) is 0 Å². The molecule has 0 radical (unpaired) electrons. The van der Waals surface area contributed by atoms with Gasteiger partial charge in [0.05, 0.1) is 29.1 Å². The average Bonchev–Trinajstić information content (AvgIpc) is 2.88. The molecule has 1 aliphatic rings. The van der Waals surface area contributed by atoms with Crippen molar-refractivity contribution in [2.45, 2.75) is 35.8 Å². The number of amides is 1. The van der Waals surface area contributed by atoms with Crippen molar-refractivity contribution in [1.29, 1.82) is 0 Å². The Hall–Kier alpha value is -3.59. The van der Waals surface area contributed by atoms with Crippen LogP contribution in [0.5, 0.6) is 5.88 Å². The van der Waals surface area contributed by atoms with Crippen molar-refractivity contribution in [3.63, 3.8) is 0 Å². The van der Waals surface area contributed by atoms with E-state index in [0.717, 1.165) is 0 Å². The van der Waals surface area contributed by atoms with E-state index in [1.807, 2.05) is 13.8 Å². The third-order valence-electron chi connectivity index (χ3n) is 5.65. The van der Waals surface area contributed by atoms with Gasteiger partial charge in [-0.3, -0.25) is 9.52 Å². The first-order valence-corrected chi connectivity index (χ1v) is 14.5. The third-order valence-corrected chi connectivity index (χ3v) is 8.87. The topological polar surface area (TPSA) is 157 Å². The predicted molar refractivity (Wildman–Crippen MR) is 139 cm³/mol. The van der Waals surface area contributed by atoms with Crippen LogP contribution >= 0.6 is 0 Å². The number of benzene rings is 2. The molecule has 38 heavy (non-hydrogen) atoms. The van der Waals surface area contributed by atoms with E-state index in [-0.39, 0.29) is 52.3 Å². The van der Waals surface area contributed by atoms with Crippen molar-refractivity contribution in [2.75, 3.05) is 30.2 Å². The standard InChI is InChI=1S/C24H27N5O7S2/c1-16-13-29(14-17(2)36-16)38(33,34)21-8-4-18(5-9-21)24(30)27-19-6-10-20(11-7-19)37(31,32)28-22-12-23(35-3)26-15-25-22/h4-12,15-17H,13-14H2,1-3H3,(H,27,30)(H,25,26,28). The summed E-state index contributed by atoms with van der Waals surface area (Å²) in [5, 5.41) is 2.67. The molecule has 2 unspecified atom stereocenters. The summed E-state index contributed by atoms with van der Waals surface area (Å²) in [5.41, 5.74) is 0.592. The molecule has 0 aliphatic carbocycles. The lowest BCUT2D eigenvalue weighted by Crippen LogP contribution is -2.48. The lowest BCUT2D eigenvalue weighted by molar-refractivity contribution is -0.0440. The summed E-state index contributed by atoms with van der Waals surface area (Å²) in [5.74, 6) is -0.242. The van der Waals surface area contributed by atoms with Crippen LogP contribution in [-0.4, -0.2) is 69.4 Å². The van der Waals surface area contributed by atoms with Gasteiger partial charge in [-0.05, 0) is 62.4 Å². The van der Waals surface area contributed by atoms with Gasteiger partial charge in [0.2, 0.25) is 15.9 Å². The fraction of sp³-hybridized carbons (Fsp3) is 0.292. The molecule has 1 amide bonds. The highest BCUT2D eigenvalue weighted by atomic mass is 32.2. The van der Waals surface area contributed by atoms with E-state index in [1.165, 1.54) is 72.3 Å². The summed E-state index contributed by atoms with van der Waals surface area (Å²) in [6, 6.07) is 12.5. The number of hydrogen-bond donors (Lipinski definition) is 2. The number of nitrogens with one attached hydrogen (secondary N) is 2. The van der Waals surface area contributed by atoms with Crippen molar-refractivity contribution in [2.24, 2.45) is 0 Å². The Kier molecular flexibility index (Phi) is 7.97. The zero-order valence-corrected chi connectivity index (χ0v) is 22.5. The molecule has 0 saturated carbocycles. The molecule has 14 heteroatoms. The van der Waals surface area contributed by atoms with E-state index in [1.54, 1.807) is 0 Å². The molecule has 202 valence electrons. The molecule has 1 aromatic heterocycles. The van der Waals surface area contributed by atoms with Gasteiger partial charge in [0.15, 0.2) is 0 Å². The van der Waals surface area contributed by atoms with Gasteiger partial charge in [0, 0.05) is 30.4 Å². The van der Waals surface area contributed by atoms with Crippen molar-refractivity contribution < 1.29 is 31.1 Å². The number of methoxy groups -OCH3 is 1. The fourth-order valence-electron chi connectivity index (χ4n) is 3.88. The Morgan fingerprint density at radius 2 is 1.55 bits per heavy atom. The molecule has 2 atom stereocenters. The molecule has 1 aliphatic heterocycles. The molecule has 2 aromatic carbocycles. The average molecular weight is 562 g/mol. The molecule has 0 bridgehead atoms. The van der Waals surface area contributed by atoms with Crippen molar-refractivity contribution in [3.05, 3.63) is 66.5 Å². The van der Waals surface area contributed by atoms with Gasteiger partial charge < -0.3 is 14.8 Å². The monoisotopic (exact) mass is 561 g/mol. The Morgan fingerprint density at radius 1 is 0.947 bits per heavy atom. The first-order chi connectivity index (χ1) is 18.0. The number of rotatable bonds is 8. The number of sulfonamides is 2. The zero-order chi connectivity index (χ0) is 27.5. The highest BCUT2D eigenvalue weighted by Crippen LogP contribution is 2.23. The summed E-state index contributed by atoms with van der Waals surface area (Å²) < 4.78 is 65.6. The minimum Gasteiger partial charge on any atom is -0.481 e. The van der Waals surface area contributed by atoms with Gasteiger partial charge in [0.1, 0.15) is 12.1 Å². The van der Waals surface area contributed by atoms with Crippen molar-refractivity contribution in [3.8, 4) is 5.88 Å². The summed E-state index contributed by atoms with van der Waals surface area (Å²) in [6.07, 6.45) is 0.735. The molecule has 1 fully saturated rings. The van der Waals surface area contributed by atoms with Crippen LogP contribution < -0.4 is 14.8 Å². The number of hydrogen-bond acceptors (Lipinski definition) is 9. The lowest BCUT2D eigenvalue weighted by atomic mass is 10.2. The number of anilines is 2. The molecule has 3 aromatic rings. The van der Waals surface area contributed by atoms with Gasteiger partial charge in [-0.15, -0.1) is 0 Å². The zero-order valence-electron chi connectivity index (χ0n) is 20.9. The van der Waals surface area contributed by atoms with Crippen LogP contribution in [0.15, 0.2) is 70.7 Å². The van der Waals surface area contributed by atoms with Crippen LogP contribution in [0.2, 0.25) is 0 Å². The lowest BCUT2D eigenvalue weighted by Gasteiger charge is -2.34. The molecular formula is C24H27N5O7S2. The number of aromatic nitrogens is 2. The normalized spacial score (nSPS) is 18.5. The maximum Gasteiger partial charge on any atom is 0.263 e. The van der Waals surface area contributed by atoms with Gasteiger partial charge in [-0.1, -0.05) is 0 Å². The van der Waals surface area contributed by atoms with E-state index < -0.39 is 26.0 Å². The first-order valence-electron chi connectivity index (χ1n) is 11.5. The smallest absolute Gasteiger partial charge is 0.263 e. The van der Waals surface area contributed by atoms with Gasteiger partial charge in [0.25, 0.3) is 15.9 Å². The van der Waals surface area contributed by atoms with Crippen LogP contribution in [0.4, 0.5) is 11.5 Å². The maximum atomic E-state index is 13.0. The van der Waals surface area contributed by atoms with Crippen LogP contribution in [0.3, 0.4) is 0 Å². The Morgan fingerprint density at radius 3 is 2.16 bits per heavy atom. The minimum atomic E-state index is -3.95. The molecule has 2 N–H and O–H groups in total. The summed E-state index contributed by atoms with van der Waals surface area (Å²) in [6.45, 7) is 4.15. The molecule has 0 spiro atoms. The number of carbonyl (C=O) groups is 1. The van der Waals surface area contributed by atoms with Gasteiger partial charge in [-0.2, -0.15) is 4.31 Å². The van der Waals surface area contributed by atoms with Crippen molar-refractivity contribution >= 4 is 37.5 Å². The van der Waals surface area contributed by atoms with Gasteiger partial charge >= 0.3 is 0 Å². The summed E-state index contributed by atoms with van der Waals surface area (Å²) in [4.78, 5) is 20.4. The quantitative estimate of drug-likeness (QED) is 0.421. The predicted octanol–water partition coefficient (Wildman–Crippen LogP) is 2.34. The second-order valence-electron chi connectivity index (χ2n) is 8.63. The Bertz CT molecular complexity index is 1500. The third kappa shape index (κ3) is 6.27. The van der Waals surface area contributed by atoms with E-state index in [0.29, 0.717) is 5.69 Å². The van der Waals surface area contributed by atoms with E-state index in [2.05, 4.69) is 20.0 Å². The van der Waals surface area contributed by atoms with Crippen molar-refractivity contribution in [1.82, 2.24) is 14.3 Å².